The van der Waals surface area contributed by atoms with Crippen LogP contribution in [0.3, 0.4) is 0 Å². The van der Waals surface area contributed by atoms with Gasteiger partial charge < -0.3 is 9.15 Å². The molecule has 2 heterocycles. The molecule has 1 amide bonds. The highest BCUT2D eigenvalue weighted by molar-refractivity contribution is 6.06. The number of aryl methyl sites for hydroxylation is 2. The van der Waals surface area contributed by atoms with Crippen molar-refractivity contribution in [1.82, 2.24) is 10.4 Å². The molecular formula is C27H23N3O4. The minimum atomic E-state index is -0.556. The molecule has 0 spiro atoms. The Labute approximate surface area is 196 Å². The van der Waals surface area contributed by atoms with Crippen molar-refractivity contribution in [2.24, 2.45) is 5.10 Å². The monoisotopic (exact) mass is 453 g/mol. The number of furan rings is 1. The van der Waals surface area contributed by atoms with Gasteiger partial charge in [-0.2, -0.15) is 5.10 Å². The third-order valence-electron chi connectivity index (χ3n) is 5.87. The number of hydrazone groups is 1. The third kappa shape index (κ3) is 4.20. The van der Waals surface area contributed by atoms with E-state index in [4.69, 9.17) is 9.15 Å². The smallest absolute Gasteiger partial charge is 0.379 e. The molecule has 1 aliphatic rings. The second kappa shape index (κ2) is 8.94. The number of nitrogens with one attached hydrogen (secondary N) is 1. The van der Waals surface area contributed by atoms with Crippen molar-refractivity contribution in [3.63, 3.8) is 0 Å². The predicted octanol–water partition coefficient (Wildman–Crippen LogP) is 5.13. The van der Waals surface area contributed by atoms with E-state index in [1.54, 1.807) is 18.2 Å². The van der Waals surface area contributed by atoms with Gasteiger partial charge in [0.1, 0.15) is 17.2 Å². The molecule has 0 bridgehead atoms. The van der Waals surface area contributed by atoms with E-state index in [-0.39, 0.29) is 11.5 Å². The molecule has 7 nitrogen and oxygen atoms in total. The number of hydrogen-bond acceptors (Lipinski definition) is 6. The number of amides is 1. The number of carbonyl (C=O) groups excluding carboxylic acids is 2. The van der Waals surface area contributed by atoms with Gasteiger partial charge in [0.2, 0.25) is 5.76 Å². The third-order valence-corrected chi connectivity index (χ3v) is 5.87. The number of hydrogen-bond donors (Lipinski definition) is 1. The number of aromatic nitrogens is 1. The standard InChI is InChI=1S/C27H23N3O4/c1-16-10-13-19(14-11-16)33-27(32)25-17(2)24-21(8-5-9-23(24)34-25)29-30-26(31)22-15-12-18-6-3-4-7-20(18)28-22/h3-4,6-7,10-15H,5,8-9H2,1-2H3,(H,30,31)/b29-21+. The van der Waals surface area contributed by atoms with E-state index in [0.717, 1.165) is 28.5 Å². The molecule has 1 N–H and O–H groups in total. The van der Waals surface area contributed by atoms with Gasteiger partial charge in [0, 0.05) is 22.9 Å². The first-order valence-electron chi connectivity index (χ1n) is 11.1. The van der Waals surface area contributed by atoms with E-state index < -0.39 is 11.9 Å². The Hall–Kier alpha value is -4.26. The number of nitrogens with zero attached hydrogens (tertiary/aromatic N) is 2. The van der Waals surface area contributed by atoms with Gasteiger partial charge in [-0.25, -0.2) is 15.2 Å². The van der Waals surface area contributed by atoms with Gasteiger partial charge in [0.05, 0.1) is 11.2 Å². The molecule has 34 heavy (non-hydrogen) atoms. The van der Waals surface area contributed by atoms with Gasteiger partial charge in [-0.05, 0) is 51.0 Å². The number of benzene rings is 2. The molecule has 5 rings (SSSR count). The van der Waals surface area contributed by atoms with Gasteiger partial charge in [-0.15, -0.1) is 0 Å². The van der Waals surface area contributed by atoms with Crippen molar-refractivity contribution in [2.75, 3.05) is 0 Å². The lowest BCUT2D eigenvalue weighted by atomic mass is 9.93. The summed E-state index contributed by atoms with van der Waals surface area (Å²) in [7, 11) is 0. The van der Waals surface area contributed by atoms with E-state index >= 15 is 0 Å². The first-order valence-corrected chi connectivity index (χ1v) is 11.1. The number of ether oxygens (including phenoxy) is 1. The second-order valence-electron chi connectivity index (χ2n) is 8.30. The molecule has 0 radical (unpaired) electrons. The number of para-hydroxylation sites is 1. The molecule has 0 fully saturated rings. The fourth-order valence-electron chi connectivity index (χ4n) is 4.10. The van der Waals surface area contributed by atoms with Crippen molar-refractivity contribution in [2.45, 2.75) is 33.1 Å². The van der Waals surface area contributed by atoms with Gasteiger partial charge in [-0.1, -0.05) is 42.0 Å². The van der Waals surface area contributed by atoms with E-state index in [2.05, 4.69) is 15.5 Å². The molecule has 7 heteroatoms. The highest BCUT2D eigenvalue weighted by atomic mass is 16.5. The van der Waals surface area contributed by atoms with Gasteiger partial charge in [-0.3, -0.25) is 4.79 Å². The van der Waals surface area contributed by atoms with Gasteiger partial charge in [0.25, 0.3) is 5.91 Å². The summed E-state index contributed by atoms with van der Waals surface area (Å²) in [5.41, 5.74) is 6.80. The first-order chi connectivity index (χ1) is 16.5. The van der Waals surface area contributed by atoms with E-state index in [1.807, 2.05) is 56.3 Å². The maximum Gasteiger partial charge on any atom is 0.379 e. The molecule has 0 aliphatic heterocycles. The summed E-state index contributed by atoms with van der Waals surface area (Å²) in [4.78, 5) is 29.9. The Morgan fingerprint density at radius 1 is 1.00 bits per heavy atom. The lowest BCUT2D eigenvalue weighted by Gasteiger charge is -2.13. The number of fused-ring (bicyclic) bond motifs is 2. The SMILES string of the molecule is Cc1ccc(OC(=O)c2oc3c(c2C)/C(=N/NC(=O)c2ccc4ccccc4n2)CCC3)cc1. The van der Waals surface area contributed by atoms with Crippen LogP contribution in [0, 0.1) is 13.8 Å². The summed E-state index contributed by atoms with van der Waals surface area (Å²) < 4.78 is 11.4. The molecule has 170 valence electrons. The van der Waals surface area contributed by atoms with Crippen LogP contribution in [0.15, 0.2) is 70.2 Å². The van der Waals surface area contributed by atoms with Crippen molar-refractivity contribution in [3.8, 4) is 5.75 Å². The number of pyridine rings is 1. The van der Waals surface area contributed by atoms with Crippen LogP contribution in [0.2, 0.25) is 0 Å². The summed E-state index contributed by atoms with van der Waals surface area (Å²) in [5.74, 6) is 0.331. The minimum Gasteiger partial charge on any atom is -0.453 e. The number of carbonyl (C=O) groups is 2. The summed E-state index contributed by atoms with van der Waals surface area (Å²) in [6.07, 6.45) is 2.15. The highest BCUT2D eigenvalue weighted by Crippen LogP contribution is 2.30. The lowest BCUT2D eigenvalue weighted by molar-refractivity contribution is 0.0698. The zero-order valence-electron chi connectivity index (χ0n) is 18.9. The molecule has 0 saturated carbocycles. The Kier molecular flexibility index (Phi) is 5.67. The Balaban J connectivity index is 1.37. The van der Waals surface area contributed by atoms with Crippen LogP contribution in [0.25, 0.3) is 10.9 Å². The van der Waals surface area contributed by atoms with Crippen LogP contribution >= 0.6 is 0 Å². The molecular weight excluding hydrogens is 430 g/mol. The molecule has 0 saturated heterocycles. The summed E-state index contributed by atoms with van der Waals surface area (Å²) in [6, 6.07) is 18.4. The topological polar surface area (TPSA) is 93.8 Å². The molecule has 4 aromatic rings. The predicted molar refractivity (Wildman–Crippen MR) is 128 cm³/mol. The average Bonchev–Trinajstić information content (AvgIpc) is 3.20. The molecule has 0 unspecified atom stereocenters. The summed E-state index contributed by atoms with van der Waals surface area (Å²) in [5, 5.41) is 5.33. The maximum absolute atomic E-state index is 12.8. The molecule has 1 aliphatic carbocycles. The van der Waals surface area contributed by atoms with Crippen LogP contribution in [0.5, 0.6) is 5.75 Å². The number of rotatable bonds is 4. The van der Waals surface area contributed by atoms with E-state index in [9.17, 15) is 9.59 Å². The Morgan fingerprint density at radius 2 is 1.79 bits per heavy atom. The van der Waals surface area contributed by atoms with Crippen molar-refractivity contribution >= 4 is 28.5 Å². The number of esters is 1. The largest absolute Gasteiger partial charge is 0.453 e. The van der Waals surface area contributed by atoms with Crippen molar-refractivity contribution in [1.29, 1.82) is 0 Å². The Morgan fingerprint density at radius 3 is 2.62 bits per heavy atom. The van der Waals surface area contributed by atoms with Crippen LogP contribution in [-0.2, 0) is 6.42 Å². The zero-order valence-corrected chi connectivity index (χ0v) is 18.9. The van der Waals surface area contributed by atoms with Crippen molar-refractivity contribution < 1.29 is 18.7 Å². The summed E-state index contributed by atoms with van der Waals surface area (Å²) in [6.45, 7) is 3.77. The summed E-state index contributed by atoms with van der Waals surface area (Å²) >= 11 is 0. The van der Waals surface area contributed by atoms with Crippen molar-refractivity contribution in [3.05, 3.63) is 94.6 Å². The average molecular weight is 453 g/mol. The minimum absolute atomic E-state index is 0.155. The second-order valence-corrected chi connectivity index (χ2v) is 8.30. The maximum atomic E-state index is 12.8. The van der Waals surface area contributed by atoms with Gasteiger partial charge >= 0.3 is 5.97 Å². The van der Waals surface area contributed by atoms with E-state index in [1.165, 1.54) is 0 Å². The molecule has 0 atom stereocenters. The zero-order chi connectivity index (χ0) is 23.7. The van der Waals surface area contributed by atoms with Crippen LogP contribution in [-0.4, -0.2) is 22.6 Å². The Bertz CT molecular complexity index is 1430. The quantitative estimate of drug-likeness (QED) is 0.263. The van der Waals surface area contributed by atoms with Crippen LogP contribution < -0.4 is 10.2 Å². The molecule has 2 aromatic carbocycles. The van der Waals surface area contributed by atoms with E-state index in [0.29, 0.717) is 35.6 Å². The van der Waals surface area contributed by atoms with Gasteiger partial charge in [0.15, 0.2) is 0 Å². The fraction of sp³-hybridized carbons (Fsp3) is 0.185. The normalized spacial score (nSPS) is 14.1. The first kappa shape index (κ1) is 21.6. The fourth-order valence-corrected chi connectivity index (χ4v) is 4.10. The van der Waals surface area contributed by atoms with Crippen LogP contribution in [0.4, 0.5) is 0 Å². The van der Waals surface area contributed by atoms with Crippen LogP contribution in [0.1, 0.15) is 56.3 Å². The highest BCUT2D eigenvalue weighted by Gasteiger charge is 2.29. The lowest BCUT2D eigenvalue weighted by Crippen LogP contribution is -2.23. The molecule has 2 aromatic heterocycles.